The first-order valence-corrected chi connectivity index (χ1v) is 6.00. The molecule has 0 bridgehead atoms. The molecular formula is C15H13N3O3. The van der Waals surface area contributed by atoms with E-state index >= 15 is 0 Å². The van der Waals surface area contributed by atoms with Crippen molar-refractivity contribution in [3.05, 3.63) is 47.5 Å². The Morgan fingerprint density at radius 1 is 1.14 bits per heavy atom. The van der Waals surface area contributed by atoms with Gasteiger partial charge in [0.1, 0.15) is 0 Å². The molecule has 0 saturated heterocycles. The molecule has 0 heterocycles. The minimum absolute atomic E-state index is 0.284. The zero-order valence-corrected chi connectivity index (χ0v) is 11.3. The van der Waals surface area contributed by atoms with Gasteiger partial charge in [0.25, 0.3) is 0 Å². The van der Waals surface area contributed by atoms with Crippen molar-refractivity contribution in [3.63, 3.8) is 0 Å². The molecule has 2 aromatic carbocycles. The number of carbonyl (C=O) groups is 1. The van der Waals surface area contributed by atoms with Gasteiger partial charge in [-0.3, -0.25) is 4.79 Å². The molecule has 0 unspecified atom stereocenters. The summed E-state index contributed by atoms with van der Waals surface area (Å²) in [5, 5.41) is 8.86. The lowest BCUT2D eigenvalue weighted by atomic mass is 10.2. The first kappa shape index (κ1) is 14.2. The number of ether oxygens (including phenoxy) is 2. The number of primary amides is 1. The van der Waals surface area contributed by atoms with Gasteiger partial charge in [-0.15, -0.1) is 0 Å². The van der Waals surface area contributed by atoms with Gasteiger partial charge in [-0.05, 0) is 30.3 Å². The predicted octanol–water partition coefficient (Wildman–Crippen LogP) is 2.04. The third kappa shape index (κ3) is 3.04. The van der Waals surface area contributed by atoms with E-state index in [-0.39, 0.29) is 11.3 Å². The highest BCUT2D eigenvalue weighted by Gasteiger charge is 2.11. The number of nitrogens with two attached hydrogens (primary N) is 2. The number of nitriles is 1. The molecule has 0 aliphatic carbocycles. The predicted molar refractivity (Wildman–Crippen MR) is 77.2 cm³/mol. The minimum Gasteiger partial charge on any atom is -0.493 e. The van der Waals surface area contributed by atoms with Gasteiger partial charge in [0.2, 0.25) is 5.91 Å². The Morgan fingerprint density at radius 2 is 1.90 bits per heavy atom. The second-order valence-electron chi connectivity index (χ2n) is 4.20. The molecule has 4 N–H and O–H groups in total. The molecule has 0 atom stereocenters. The molecular weight excluding hydrogens is 270 g/mol. The van der Waals surface area contributed by atoms with Crippen LogP contribution in [-0.2, 0) is 0 Å². The van der Waals surface area contributed by atoms with E-state index in [0.29, 0.717) is 22.7 Å². The summed E-state index contributed by atoms with van der Waals surface area (Å²) in [6, 6.07) is 11.2. The molecule has 0 fully saturated rings. The lowest BCUT2D eigenvalue weighted by molar-refractivity contribution is 0.1000. The summed E-state index contributed by atoms with van der Waals surface area (Å²) in [6.07, 6.45) is 0. The lowest BCUT2D eigenvalue weighted by Gasteiger charge is -2.12. The Balaban J connectivity index is 2.40. The zero-order chi connectivity index (χ0) is 15.4. The van der Waals surface area contributed by atoms with Gasteiger partial charge in [-0.2, -0.15) is 5.26 Å². The van der Waals surface area contributed by atoms with Crippen LogP contribution in [0.3, 0.4) is 0 Å². The highest BCUT2D eigenvalue weighted by molar-refractivity contribution is 5.93. The quantitative estimate of drug-likeness (QED) is 0.834. The van der Waals surface area contributed by atoms with Crippen LogP contribution in [0.2, 0.25) is 0 Å². The van der Waals surface area contributed by atoms with Gasteiger partial charge in [0.15, 0.2) is 17.2 Å². The Hall–Kier alpha value is -3.20. The van der Waals surface area contributed by atoms with Crippen LogP contribution in [0.15, 0.2) is 36.4 Å². The summed E-state index contributed by atoms with van der Waals surface area (Å²) in [6.45, 7) is 0. The maximum absolute atomic E-state index is 11.2. The van der Waals surface area contributed by atoms with E-state index in [4.69, 9.17) is 26.2 Å². The van der Waals surface area contributed by atoms with Crippen LogP contribution in [0.1, 0.15) is 15.9 Å². The number of amides is 1. The minimum atomic E-state index is -0.577. The maximum Gasteiger partial charge on any atom is 0.248 e. The fourth-order valence-electron chi connectivity index (χ4n) is 1.72. The van der Waals surface area contributed by atoms with Crippen LogP contribution < -0.4 is 20.9 Å². The molecule has 0 spiro atoms. The largest absolute Gasteiger partial charge is 0.493 e. The van der Waals surface area contributed by atoms with E-state index in [1.165, 1.54) is 25.3 Å². The number of rotatable bonds is 4. The molecule has 0 aliphatic heterocycles. The first-order valence-electron chi connectivity index (χ1n) is 6.00. The van der Waals surface area contributed by atoms with Crippen LogP contribution in [-0.4, -0.2) is 13.0 Å². The van der Waals surface area contributed by atoms with Gasteiger partial charge in [0.05, 0.1) is 24.4 Å². The summed E-state index contributed by atoms with van der Waals surface area (Å²) in [5.74, 6) is 0.476. The van der Waals surface area contributed by atoms with Crippen molar-refractivity contribution in [2.75, 3.05) is 12.8 Å². The number of benzene rings is 2. The van der Waals surface area contributed by atoms with E-state index in [2.05, 4.69) is 0 Å². The van der Waals surface area contributed by atoms with Gasteiger partial charge in [-0.1, -0.05) is 0 Å². The van der Waals surface area contributed by atoms with Crippen LogP contribution in [0.4, 0.5) is 5.69 Å². The third-order valence-electron chi connectivity index (χ3n) is 2.81. The van der Waals surface area contributed by atoms with E-state index in [9.17, 15) is 4.79 Å². The van der Waals surface area contributed by atoms with Crippen molar-refractivity contribution in [2.45, 2.75) is 0 Å². The SMILES string of the molecule is COc1cc(C#N)ccc1Oc1cc(C(N)=O)ccc1N. The Morgan fingerprint density at radius 3 is 2.52 bits per heavy atom. The van der Waals surface area contributed by atoms with Crippen LogP contribution in [0, 0.1) is 11.3 Å². The standard InChI is InChI=1S/C15H13N3O3/c1-20-14-6-9(8-16)2-5-12(14)21-13-7-10(15(18)19)3-4-11(13)17/h2-7H,17H2,1H3,(H2,18,19). The molecule has 21 heavy (non-hydrogen) atoms. The molecule has 6 nitrogen and oxygen atoms in total. The summed E-state index contributed by atoms with van der Waals surface area (Å²) >= 11 is 0. The number of carbonyl (C=O) groups excluding carboxylic acids is 1. The van der Waals surface area contributed by atoms with E-state index in [1.54, 1.807) is 18.2 Å². The molecule has 0 aliphatic rings. The molecule has 0 radical (unpaired) electrons. The highest BCUT2D eigenvalue weighted by Crippen LogP contribution is 2.35. The van der Waals surface area contributed by atoms with Crippen LogP contribution in [0.5, 0.6) is 17.2 Å². The monoisotopic (exact) mass is 283 g/mol. The Bertz CT molecular complexity index is 735. The van der Waals surface area contributed by atoms with Crippen LogP contribution in [0.25, 0.3) is 0 Å². The van der Waals surface area contributed by atoms with Crippen LogP contribution >= 0.6 is 0 Å². The van der Waals surface area contributed by atoms with Gasteiger partial charge in [0, 0.05) is 11.6 Å². The van der Waals surface area contributed by atoms with Crippen molar-refractivity contribution >= 4 is 11.6 Å². The Kier molecular flexibility index (Phi) is 3.95. The van der Waals surface area contributed by atoms with Gasteiger partial charge < -0.3 is 20.9 Å². The van der Waals surface area contributed by atoms with E-state index < -0.39 is 5.91 Å². The zero-order valence-electron chi connectivity index (χ0n) is 11.3. The summed E-state index contributed by atoms with van der Waals surface area (Å²) in [5.41, 5.74) is 12.1. The fourth-order valence-corrected chi connectivity index (χ4v) is 1.72. The number of methoxy groups -OCH3 is 1. The van der Waals surface area contributed by atoms with Gasteiger partial charge >= 0.3 is 0 Å². The molecule has 2 aromatic rings. The molecule has 6 heteroatoms. The second kappa shape index (κ2) is 5.84. The summed E-state index contributed by atoms with van der Waals surface area (Å²) in [7, 11) is 1.46. The lowest BCUT2D eigenvalue weighted by Crippen LogP contribution is -2.11. The average molecular weight is 283 g/mol. The number of nitrogens with zero attached hydrogens (tertiary/aromatic N) is 1. The maximum atomic E-state index is 11.2. The van der Waals surface area contributed by atoms with Crippen molar-refractivity contribution in [2.24, 2.45) is 5.73 Å². The van der Waals surface area contributed by atoms with E-state index in [1.807, 2.05) is 6.07 Å². The van der Waals surface area contributed by atoms with Crippen molar-refractivity contribution < 1.29 is 14.3 Å². The highest BCUT2D eigenvalue weighted by atomic mass is 16.5. The normalized spacial score (nSPS) is 9.71. The summed E-state index contributed by atoms with van der Waals surface area (Å²) < 4.78 is 10.8. The molecule has 106 valence electrons. The fraction of sp³-hybridized carbons (Fsp3) is 0.0667. The average Bonchev–Trinajstić information content (AvgIpc) is 2.49. The van der Waals surface area contributed by atoms with Gasteiger partial charge in [-0.25, -0.2) is 0 Å². The number of hydrogen-bond donors (Lipinski definition) is 2. The number of anilines is 1. The van der Waals surface area contributed by atoms with Crippen molar-refractivity contribution in [1.29, 1.82) is 5.26 Å². The van der Waals surface area contributed by atoms with Crippen molar-refractivity contribution in [1.82, 2.24) is 0 Å². The topological polar surface area (TPSA) is 111 Å². The molecule has 0 aromatic heterocycles. The molecule has 0 saturated carbocycles. The molecule has 1 amide bonds. The summed E-state index contributed by atoms with van der Waals surface area (Å²) in [4.78, 5) is 11.2. The second-order valence-corrected chi connectivity index (χ2v) is 4.20. The van der Waals surface area contributed by atoms with Crippen molar-refractivity contribution in [3.8, 4) is 23.3 Å². The first-order chi connectivity index (χ1) is 10.0. The third-order valence-corrected chi connectivity index (χ3v) is 2.81. The smallest absolute Gasteiger partial charge is 0.248 e. The number of hydrogen-bond acceptors (Lipinski definition) is 5. The Labute approximate surface area is 121 Å². The number of nitrogen functional groups attached to an aromatic ring is 1. The van der Waals surface area contributed by atoms with E-state index in [0.717, 1.165) is 0 Å². The molecule has 2 rings (SSSR count).